The van der Waals surface area contributed by atoms with Crippen molar-refractivity contribution in [2.24, 2.45) is 10.7 Å². The van der Waals surface area contributed by atoms with Gasteiger partial charge in [-0.3, -0.25) is 4.90 Å². The molecule has 0 aromatic heterocycles. The third kappa shape index (κ3) is 9.73. The first-order valence-electron chi connectivity index (χ1n) is 9.64. The Hall–Kier alpha value is -0.900. The number of hydrogen-bond donors (Lipinski definition) is 2. The number of rotatable bonds is 9. The molecule has 1 aromatic carbocycles. The summed E-state index contributed by atoms with van der Waals surface area (Å²) in [6.07, 6.45) is 1.53. The van der Waals surface area contributed by atoms with Crippen LogP contribution in [0.25, 0.3) is 0 Å². The number of benzene rings is 1. The summed E-state index contributed by atoms with van der Waals surface area (Å²) < 4.78 is 11.1. The lowest BCUT2D eigenvalue weighted by molar-refractivity contribution is -0.0704. The van der Waals surface area contributed by atoms with Gasteiger partial charge in [0.15, 0.2) is 5.96 Å². The van der Waals surface area contributed by atoms with Gasteiger partial charge in [-0.1, -0.05) is 24.3 Å². The number of ether oxygens (including phenoxy) is 2. The van der Waals surface area contributed by atoms with Gasteiger partial charge in [0.2, 0.25) is 0 Å². The van der Waals surface area contributed by atoms with Gasteiger partial charge in [-0.05, 0) is 38.3 Å². The number of nitrogens with two attached hydrogens (primary N) is 1. The predicted octanol–water partition coefficient (Wildman–Crippen LogP) is 2.74. The highest BCUT2D eigenvalue weighted by Gasteiger charge is 2.21. The fraction of sp³-hybridized carbons (Fsp3) is 0.650. The molecule has 1 heterocycles. The molecule has 1 aromatic rings. The summed E-state index contributed by atoms with van der Waals surface area (Å²) >= 11 is 0. The Bertz CT molecular complexity index is 543. The largest absolute Gasteiger partial charge is 0.382 e. The van der Waals surface area contributed by atoms with Gasteiger partial charge in [0.25, 0.3) is 0 Å². The molecule has 1 aliphatic heterocycles. The molecule has 2 atom stereocenters. The minimum Gasteiger partial charge on any atom is -0.382 e. The SMILES string of the molecule is CCOCCCNC(N)=NCc1ccc(CN2CC(C)OC(C)C2)cc1.I. The second-order valence-corrected chi connectivity index (χ2v) is 6.95. The van der Waals surface area contributed by atoms with Crippen LogP contribution in [0.4, 0.5) is 0 Å². The lowest BCUT2D eigenvalue weighted by atomic mass is 10.1. The molecule has 0 saturated carbocycles. The number of nitrogens with zero attached hydrogens (tertiary/aromatic N) is 2. The van der Waals surface area contributed by atoms with Gasteiger partial charge in [-0.25, -0.2) is 4.99 Å². The molecule has 0 bridgehead atoms. The molecule has 1 saturated heterocycles. The lowest BCUT2D eigenvalue weighted by Crippen LogP contribution is -2.44. The summed E-state index contributed by atoms with van der Waals surface area (Å²) in [5.41, 5.74) is 8.38. The molecule has 7 heteroatoms. The highest BCUT2D eigenvalue weighted by Crippen LogP contribution is 2.15. The fourth-order valence-electron chi connectivity index (χ4n) is 3.19. The van der Waals surface area contributed by atoms with E-state index in [0.29, 0.717) is 24.7 Å². The van der Waals surface area contributed by atoms with Crippen molar-refractivity contribution in [3.8, 4) is 0 Å². The monoisotopic (exact) mass is 490 g/mol. The van der Waals surface area contributed by atoms with Crippen LogP contribution in [0.1, 0.15) is 38.3 Å². The van der Waals surface area contributed by atoms with E-state index in [9.17, 15) is 0 Å². The molecule has 3 N–H and O–H groups in total. The maximum atomic E-state index is 5.90. The number of hydrogen-bond acceptors (Lipinski definition) is 4. The molecule has 0 radical (unpaired) electrons. The molecule has 1 aliphatic rings. The summed E-state index contributed by atoms with van der Waals surface area (Å²) in [5.74, 6) is 0.488. The van der Waals surface area contributed by atoms with Crippen LogP contribution in [0.5, 0.6) is 0 Å². The molecule has 2 unspecified atom stereocenters. The van der Waals surface area contributed by atoms with E-state index in [-0.39, 0.29) is 24.0 Å². The third-order valence-corrected chi connectivity index (χ3v) is 4.33. The predicted molar refractivity (Wildman–Crippen MR) is 122 cm³/mol. The van der Waals surface area contributed by atoms with Crippen LogP contribution in [0, 0.1) is 0 Å². The fourth-order valence-corrected chi connectivity index (χ4v) is 3.19. The summed E-state index contributed by atoms with van der Waals surface area (Å²) in [7, 11) is 0. The zero-order valence-electron chi connectivity index (χ0n) is 16.8. The topological polar surface area (TPSA) is 72.1 Å². The maximum absolute atomic E-state index is 5.90. The standard InChI is InChI=1S/C20H34N4O2.HI/c1-4-25-11-5-10-22-20(21)23-12-18-6-8-19(9-7-18)15-24-13-16(2)26-17(3)14-24;/h6-9,16-17H,4-5,10-15H2,1-3H3,(H3,21,22,23);1H. The Labute approximate surface area is 180 Å². The summed E-state index contributed by atoms with van der Waals surface area (Å²) in [6.45, 7) is 12.1. The van der Waals surface area contributed by atoms with Crippen LogP contribution in [0.2, 0.25) is 0 Å². The van der Waals surface area contributed by atoms with Crippen molar-refractivity contribution in [1.82, 2.24) is 10.2 Å². The summed E-state index contributed by atoms with van der Waals surface area (Å²) in [5, 5.41) is 3.11. The van der Waals surface area contributed by atoms with Crippen molar-refractivity contribution in [1.29, 1.82) is 0 Å². The lowest BCUT2D eigenvalue weighted by Gasteiger charge is -2.35. The third-order valence-electron chi connectivity index (χ3n) is 4.33. The van der Waals surface area contributed by atoms with Crippen molar-refractivity contribution in [3.63, 3.8) is 0 Å². The molecular weight excluding hydrogens is 455 g/mol. The minimum absolute atomic E-state index is 0. The van der Waals surface area contributed by atoms with Crippen LogP contribution < -0.4 is 11.1 Å². The Balaban J connectivity index is 0.00000364. The molecule has 6 nitrogen and oxygen atoms in total. The van der Waals surface area contributed by atoms with Crippen molar-refractivity contribution in [3.05, 3.63) is 35.4 Å². The molecule has 27 heavy (non-hydrogen) atoms. The second kappa shape index (κ2) is 13.3. The first-order valence-corrected chi connectivity index (χ1v) is 9.64. The van der Waals surface area contributed by atoms with Gasteiger partial charge < -0.3 is 20.5 Å². The van der Waals surface area contributed by atoms with E-state index in [1.54, 1.807) is 0 Å². The Kier molecular flexibility index (Phi) is 11.9. The van der Waals surface area contributed by atoms with E-state index in [1.165, 1.54) is 5.56 Å². The van der Waals surface area contributed by atoms with Crippen molar-refractivity contribution >= 4 is 29.9 Å². The van der Waals surface area contributed by atoms with Gasteiger partial charge >= 0.3 is 0 Å². The smallest absolute Gasteiger partial charge is 0.188 e. The molecule has 2 rings (SSSR count). The van der Waals surface area contributed by atoms with E-state index in [4.69, 9.17) is 15.2 Å². The van der Waals surface area contributed by atoms with E-state index >= 15 is 0 Å². The molecular formula is C20H35IN4O2. The average Bonchev–Trinajstić information content (AvgIpc) is 2.60. The van der Waals surface area contributed by atoms with Crippen LogP contribution in [-0.2, 0) is 22.6 Å². The minimum atomic E-state index is 0. The van der Waals surface area contributed by atoms with Crippen LogP contribution >= 0.6 is 24.0 Å². The highest BCUT2D eigenvalue weighted by molar-refractivity contribution is 14.0. The van der Waals surface area contributed by atoms with Gasteiger partial charge in [0.05, 0.1) is 18.8 Å². The van der Waals surface area contributed by atoms with E-state index in [0.717, 1.165) is 51.4 Å². The first kappa shape index (κ1) is 24.1. The van der Waals surface area contributed by atoms with Gasteiger partial charge in [-0.15, -0.1) is 24.0 Å². The Morgan fingerprint density at radius 2 is 1.85 bits per heavy atom. The zero-order chi connectivity index (χ0) is 18.8. The van der Waals surface area contributed by atoms with E-state index < -0.39 is 0 Å². The second-order valence-electron chi connectivity index (χ2n) is 6.95. The van der Waals surface area contributed by atoms with Gasteiger partial charge in [0.1, 0.15) is 0 Å². The van der Waals surface area contributed by atoms with Crippen LogP contribution in [-0.4, -0.2) is 55.9 Å². The number of morpholine rings is 1. The van der Waals surface area contributed by atoms with Gasteiger partial charge in [0, 0.05) is 39.4 Å². The normalized spacial score (nSPS) is 20.9. The number of aliphatic imine (C=N–C) groups is 1. The van der Waals surface area contributed by atoms with Crippen molar-refractivity contribution in [2.75, 3.05) is 32.8 Å². The molecule has 1 fully saturated rings. The summed E-state index contributed by atoms with van der Waals surface area (Å²) in [6, 6.07) is 8.63. The van der Waals surface area contributed by atoms with Crippen molar-refractivity contribution in [2.45, 2.75) is 52.5 Å². The average molecular weight is 490 g/mol. The van der Waals surface area contributed by atoms with Crippen LogP contribution in [0.3, 0.4) is 0 Å². The van der Waals surface area contributed by atoms with E-state index in [2.05, 4.69) is 53.3 Å². The van der Waals surface area contributed by atoms with Crippen molar-refractivity contribution < 1.29 is 9.47 Å². The zero-order valence-corrected chi connectivity index (χ0v) is 19.1. The van der Waals surface area contributed by atoms with Crippen LogP contribution in [0.15, 0.2) is 29.3 Å². The highest BCUT2D eigenvalue weighted by atomic mass is 127. The quantitative estimate of drug-likeness (QED) is 0.241. The molecule has 0 aliphatic carbocycles. The number of nitrogens with one attached hydrogen (secondary N) is 1. The molecule has 154 valence electrons. The van der Waals surface area contributed by atoms with Gasteiger partial charge in [-0.2, -0.15) is 0 Å². The van der Waals surface area contributed by atoms with E-state index in [1.807, 2.05) is 6.92 Å². The Morgan fingerprint density at radius 3 is 2.48 bits per heavy atom. The Morgan fingerprint density at radius 1 is 1.22 bits per heavy atom. The maximum Gasteiger partial charge on any atom is 0.188 e. The number of halogens is 1. The summed E-state index contributed by atoms with van der Waals surface area (Å²) in [4.78, 5) is 6.85. The number of guanidine groups is 1. The molecule has 0 spiro atoms. The first-order chi connectivity index (χ1) is 12.6. The molecule has 0 amide bonds.